The number of nitriles is 1. The van der Waals surface area contributed by atoms with Gasteiger partial charge in [-0.2, -0.15) is 5.26 Å². The van der Waals surface area contributed by atoms with Crippen molar-refractivity contribution < 1.29 is 24.4 Å². The largest absolute Gasteiger partial charge is 0.489 e. The number of anilines is 1. The first-order chi connectivity index (χ1) is 15.9. The first kappa shape index (κ1) is 22.7. The summed E-state index contributed by atoms with van der Waals surface area (Å²) < 4.78 is 5.65. The Bertz CT molecular complexity index is 1260. The number of carbonyl (C=O) groups excluding carboxylic acids is 1. The van der Waals surface area contributed by atoms with Gasteiger partial charge in [0.1, 0.15) is 24.0 Å². The molecule has 0 unspecified atom stereocenters. The van der Waals surface area contributed by atoms with Gasteiger partial charge in [-0.3, -0.25) is 14.9 Å². The number of benzene rings is 3. The molecule has 1 amide bonds. The number of rotatable bonds is 8. The van der Waals surface area contributed by atoms with E-state index < -0.39 is 16.8 Å². The average molecular weight is 443 g/mol. The predicted molar refractivity (Wildman–Crippen MR) is 119 cm³/mol. The van der Waals surface area contributed by atoms with E-state index >= 15 is 0 Å². The molecule has 9 nitrogen and oxygen atoms in total. The minimum atomic E-state index is -1.13. The summed E-state index contributed by atoms with van der Waals surface area (Å²) in [6.45, 7) is 0.217. The Kier molecular flexibility index (Phi) is 7.13. The molecule has 3 rings (SSSR count). The van der Waals surface area contributed by atoms with Crippen molar-refractivity contribution in [1.29, 1.82) is 5.26 Å². The van der Waals surface area contributed by atoms with E-state index in [0.717, 1.165) is 5.56 Å². The Balaban J connectivity index is 1.63. The number of carboxylic acids is 1. The zero-order valence-electron chi connectivity index (χ0n) is 17.1. The van der Waals surface area contributed by atoms with E-state index in [1.165, 1.54) is 42.5 Å². The SMILES string of the molecule is N#C/C(=C/c1ccc(OCc2ccc([N+](=O)[O-])cc2)cc1)C(=O)Nc1cccc(C(=O)O)c1. The number of ether oxygens (including phenoxy) is 1. The highest BCUT2D eigenvalue weighted by Crippen LogP contribution is 2.18. The van der Waals surface area contributed by atoms with Gasteiger partial charge in [-0.15, -0.1) is 0 Å². The third-order valence-electron chi connectivity index (χ3n) is 4.48. The quantitative estimate of drug-likeness (QED) is 0.227. The summed E-state index contributed by atoms with van der Waals surface area (Å²) in [6.07, 6.45) is 1.40. The fourth-order valence-corrected chi connectivity index (χ4v) is 2.78. The van der Waals surface area contributed by atoms with Crippen molar-refractivity contribution in [2.75, 3.05) is 5.32 Å². The third kappa shape index (κ3) is 6.26. The molecule has 164 valence electrons. The van der Waals surface area contributed by atoms with Crippen molar-refractivity contribution in [3.05, 3.63) is 105 Å². The van der Waals surface area contributed by atoms with Gasteiger partial charge in [-0.05, 0) is 59.7 Å². The maximum absolute atomic E-state index is 12.4. The summed E-state index contributed by atoms with van der Waals surface area (Å²) in [5.41, 5.74) is 1.47. The van der Waals surface area contributed by atoms with Crippen LogP contribution in [0.4, 0.5) is 11.4 Å². The second-order valence-electron chi connectivity index (χ2n) is 6.79. The number of carbonyl (C=O) groups is 2. The van der Waals surface area contributed by atoms with Crippen LogP contribution in [0.1, 0.15) is 21.5 Å². The van der Waals surface area contributed by atoms with E-state index in [-0.39, 0.29) is 29.1 Å². The van der Waals surface area contributed by atoms with Crippen LogP contribution < -0.4 is 10.1 Å². The molecule has 0 atom stereocenters. The highest BCUT2D eigenvalue weighted by Gasteiger charge is 2.11. The number of carboxylic acid groups (broad SMARTS) is 1. The second kappa shape index (κ2) is 10.4. The molecule has 0 aliphatic carbocycles. The molecule has 33 heavy (non-hydrogen) atoms. The molecule has 0 saturated carbocycles. The van der Waals surface area contributed by atoms with Gasteiger partial charge in [-0.25, -0.2) is 4.79 Å². The predicted octanol–water partition coefficient (Wildman–Crippen LogP) is 4.42. The number of nitrogens with one attached hydrogen (secondary N) is 1. The summed E-state index contributed by atoms with van der Waals surface area (Å²) >= 11 is 0. The first-order valence-corrected chi connectivity index (χ1v) is 9.58. The second-order valence-corrected chi connectivity index (χ2v) is 6.79. The summed E-state index contributed by atoms with van der Waals surface area (Å²) in [4.78, 5) is 33.7. The molecule has 0 aliphatic rings. The van der Waals surface area contributed by atoms with Gasteiger partial charge in [-0.1, -0.05) is 18.2 Å². The van der Waals surface area contributed by atoms with Gasteiger partial charge < -0.3 is 15.2 Å². The molecule has 2 N–H and O–H groups in total. The number of hydrogen-bond acceptors (Lipinski definition) is 6. The molecule has 0 aromatic heterocycles. The Hall–Kier alpha value is -4.97. The molecular formula is C24H17N3O6. The van der Waals surface area contributed by atoms with Crippen LogP contribution in [0.5, 0.6) is 5.75 Å². The highest BCUT2D eigenvalue weighted by atomic mass is 16.6. The molecule has 3 aromatic rings. The summed E-state index contributed by atoms with van der Waals surface area (Å²) in [7, 11) is 0. The monoisotopic (exact) mass is 443 g/mol. The van der Waals surface area contributed by atoms with Crippen molar-refractivity contribution in [1.82, 2.24) is 0 Å². The first-order valence-electron chi connectivity index (χ1n) is 9.58. The normalized spacial score (nSPS) is 10.7. The summed E-state index contributed by atoms with van der Waals surface area (Å²) in [5, 5.41) is 31.6. The lowest BCUT2D eigenvalue weighted by molar-refractivity contribution is -0.384. The molecule has 0 saturated heterocycles. The maximum Gasteiger partial charge on any atom is 0.335 e. The van der Waals surface area contributed by atoms with Crippen LogP contribution in [0.3, 0.4) is 0 Å². The lowest BCUT2D eigenvalue weighted by Crippen LogP contribution is -2.13. The van der Waals surface area contributed by atoms with Crippen molar-refractivity contribution in [3.8, 4) is 11.8 Å². The van der Waals surface area contributed by atoms with Crippen LogP contribution in [-0.2, 0) is 11.4 Å². The molecule has 0 bridgehead atoms. The topological polar surface area (TPSA) is 143 Å². The van der Waals surface area contributed by atoms with Gasteiger partial charge in [0.05, 0.1) is 10.5 Å². The number of non-ortho nitro benzene ring substituents is 1. The molecule has 0 heterocycles. The van der Waals surface area contributed by atoms with E-state index in [0.29, 0.717) is 11.3 Å². The van der Waals surface area contributed by atoms with E-state index in [4.69, 9.17) is 9.84 Å². The zero-order valence-corrected chi connectivity index (χ0v) is 17.1. The lowest BCUT2D eigenvalue weighted by atomic mass is 10.1. The highest BCUT2D eigenvalue weighted by molar-refractivity contribution is 6.10. The zero-order chi connectivity index (χ0) is 23.8. The maximum atomic E-state index is 12.4. The molecule has 0 aliphatic heterocycles. The average Bonchev–Trinajstić information content (AvgIpc) is 2.82. The van der Waals surface area contributed by atoms with Crippen LogP contribution in [0.2, 0.25) is 0 Å². The Morgan fingerprint density at radius 1 is 1.09 bits per heavy atom. The molecule has 0 spiro atoms. The minimum absolute atomic E-state index is 0.00168. The van der Waals surface area contributed by atoms with E-state index in [1.54, 1.807) is 36.4 Å². The summed E-state index contributed by atoms with van der Waals surface area (Å²) in [6, 6.07) is 20.2. The molecule has 9 heteroatoms. The van der Waals surface area contributed by atoms with Gasteiger partial charge in [0, 0.05) is 17.8 Å². The molecular weight excluding hydrogens is 426 g/mol. The van der Waals surface area contributed by atoms with Crippen LogP contribution in [0.15, 0.2) is 78.4 Å². The fourth-order valence-electron chi connectivity index (χ4n) is 2.78. The van der Waals surface area contributed by atoms with Gasteiger partial charge in [0.15, 0.2) is 0 Å². The Morgan fingerprint density at radius 2 is 1.79 bits per heavy atom. The minimum Gasteiger partial charge on any atom is -0.489 e. The van der Waals surface area contributed by atoms with Crippen molar-refractivity contribution >= 4 is 29.3 Å². The van der Waals surface area contributed by atoms with Gasteiger partial charge in [0.2, 0.25) is 0 Å². The van der Waals surface area contributed by atoms with Crippen LogP contribution >= 0.6 is 0 Å². The number of hydrogen-bond donors (Lipinski definition) is 2. The Morgan fingerprint density at radius 3 is 2.39 bits per heavy atom. The van der Waals surface area contributed by atoms with Crippen molar-refractivity contribution in [2.24, 2.45) is 0 Å². The number of nitro groups is 1. The van der Waals surface area contributed by atoms with E-state index in [2.05, 4.69) is 5.32 Å². The number of aromatic carboxylic acids is 1. The van der Waals surface area contributed by atoms with Gasteiger partial charge in [0.25, 0.3) is 11.6 Å². The third-order valence-corrected chi connectivity index (χ3v) is 4.48. The van der Waals surface area contributed by atoms with Crippen LogP contribution in [0, 0.1) is 21.4 Å². The smallest absolute Gasteiger partial charge is 0.335 e. The van der Waals surface area contributed by atoms with E-state index in [9.17, 15) is 25.0 Å². The molecule has 0 radical (unpaired) electrons. The number of nitrogens with zero attached hydrogens (tertiary/aromatic N) is 2. The standard InChI is InChI=1S/C24H17N3O6/c25-14-19(23(28)26-20-3-1-2-18(13-20)24(29)30)12-16-6-10-22(11-7-16)33-15-17-4-8-21(9-5-17)27(31)32/h1-13H,15H2,(H,26,28)(H,29,30)/b19-12-. The van der Waals surface area contributed by atoms with E-state index in [1.807, 2.05) is 6.07 Å². The molecule has 3 aromatic carbocycles. The van der Waals surface area contributed by atoms with Crippen molar-refractivity contribution in [2.45, 2.75) is 6.61 Å². The van der Waals surface area contributed by atoms with Crippen molar-refractivity contribution in [3.63, 3.8) is 0 Å². The number of nitro benzene ring substituents is 1. The molecule has 0 fully saturated rings. The van der Waals surface area contributed by atoms with Gasteiger partial charge >= 0.3 is 5.97 Å². The van der Waals surface area contributed by atoms with Crippen LogP contribution in [-0.4, -0.2) is 21.9 Å². The lowest BCUT2D eigenvalue weighted by Gasteiger charge is -2.07. The summed E-state index contributed by atoms with van der Waals surface area (Å²) in [5.74, 6) is -1.25. The van der Waals surface area contributed by atoms with Crippen LogP contribution in [0.25, 0.3) is 6.08 Å². The fraction of sp³-hybridized carbons (Fsp3) is 0.0417. The Labute approximate surface area is 188 Å². The number of amides is 1.